The summed E-state index contributed by atoms with van der Waals surface area (Å²) in [6, 6.07) is 28.8. The number of nitrogens with one attached hydrogen (secondary N) is 1. The molecule has 1 N–H and O–H groups in total. The molecule has 8 nitrogen and oxygen atoms in total. The van der Waals surface area contributed by atoms with Crippen LogP contribution in [0.5, 0.6) is 17.2 Å². The number of benzene rings is 4. The highest BCUT2D eigenvalue weighted by Crippen LogP contribution is 2.22. The van der Waals surface area contributed by atoms with Gasteiger partial charge in [0.2, 0.25) is 0 Å². The highest BCUT2D eigenvalue weighted by molar-refractivity contribution is 5.96. The molecule has 194 valence electrons. The third kappa shape index (κ3) is 7.50. The van der Waals surface area contributed by atoms with Gasteiger partial charge in [-0.15, -0.1) is 0 Å². The molecule has 4 rings (SSSR count). The van der Waals surface area contributed by atoms with Gasteiger partial charge in [-0.05, 0) is 60.7 Å². The van der Waals surface area contributed by atoms with E-state index in [0.29, 0.717) is 28.0 Å². The van der Waals surface area contributed by atoms with Crippen LogP contribution in [-0.4, -0.2) is 31.2 Å². The van der Waals surface area contributed by atoms with E-state index in [9.17, 15) is 14.4 Å². The summed E-state index contributed by atoms with van der Waals surface area (Å²) in [5.74, 6) is -0.406. The first-order valence-electron chi connectivity index (χ1n) is 11.9. The van der Waals surface area contributed by atoms with Crippen molar-refractivity contribution in [3.8, 4) is 17.2 Å². The summed E-state index contributed by atoms with van der Waals surface area (Å²) >= 11 is 0. The number of amides is 1. The number of esters is 2. The lowest BCUT2D eigenvalue weighted by Gasteiger charge is -2.08. The minimum absolute atomic E-state index is 0.254. The van der Waals surface area contributed by atoms with Gasteiger partial charge in [-0.3, -0.25) is 4.79 Å². The SMILES string of the molecule is COc1ccc(C(=O)Oc2ccccc2/C=C/C(=O)Oc2ccccc2/C=N/NC(=O)c2ccccc2)cc1. The molecular weight excluding hydrogens is 496 g/mol. The maximum absolute atomic E-state index is 12.6. The van der Waals surface area contributed by atoms with Gasteiger partial charge >= 0.3 is 11.9 Å². The Bertz CT molecular complexity index is 1510. The molecular formula is C31H24N2O6. The smallest absolute Gasteiger partial charge is 0.343 e. The van der Waals surface area contributed by atoms with Gasteiger partial charge in [-0.2, -0.15) is 5.10 Å². The second-order valence-corrected chi connectivity index (χ2v) is 8.01. The molecule has 39 heavy (non-hydrogen) atoms. The van der Waals surface area contributed by atoms with E-state index in [0.717, 1.165) is 0 Å². The number of hydrogen-bond donors (Lipinski definition) is 1. The first-order chi connectivity index (χ1) is 19.0. The Hall–Kier alpha value is -5.50. The molecule has 4 aromatic carbocycles. The monoisotopic (exact) mass is 520 g/mol. The molecule has 0 aliphatic carbocycles. The van der Waals surface area contributed by atoms with E-state index in [1.165, 1.54) is 18.4 Å². The molecule has 0 aliphatic rings. The lowest BCUT2D eigenvalue weighted by atomic mass is 10.1. The molecule has 0 spiro atoms. The maximum Gasteiger partial charge on any atom is 0.343 e. The van der Waals surface area contributed by atoms with Crippen molar-refractivity contribution in [2.24, 2.45) is 5.10 Å². The summed E-state index contributed by atoms with van der Waals surface area (Å²) in [5, 5.41) is 3.96. The predicted molar refractivity (Wildman–Crippen MR) is 147 cm³/mol. The lowest BCUT2D eigenvalue weighted by Crippen LogP contribution is -2.17. The number of methoxy groups -OCH3 is 1. The molecule has 0 saturated heterocycles. The summed E-state index contributed by atoms with van der Waals surface area (Å²) in [7, 11) is 1.54. The van der Waals surface area contributed by atoms with E-state index in [1.807, 2.05) is 6.07 Å². The first kappa shape index (κ1) is 26.6. The minimum atomic E-state index is -0.652. The summed E-state index contributed by atoms with van der Waals surface area (Å²) in [5.41, 5.74) is 4.26. The van der Waals surface area contributed by atoms with Crippen molar-refractivity contribution in [3.05, 3.63) is 131 Å². The number of para-hydroxylation sites is 2. The average Bonchev–Trinajstić information content (AvgIpc) is 2.98. The second-order valence-electron chi connectivity index (χ2n) is 8.01. The maximum atomic E-state index is 12.6. The number of ether oxygens (including phenoxy) is 3. The Balaban J connectivity index is 1.40. The predicted octanol–water partition coefficient (Wildman–Crippen LogP) is 5.30. The minimum Gasteiger partial charge on any atom is -0.497 e. The standard InChI is InChI=1S/C31H24N2O6/c1-37-26-18-15-24(16-19-26)31(36)39-27-13-7-5-9-22(27)17-20-29(34)38-28-14-8-6-12-25(28)21-32-33-30(35)23-10-3-2-4-11-23/h2-21H,1H3,(H,33,35)/b20-17+,32-21+. The van der Waals surface area contributed by atoms with Crippen molar-refractivity contribution in [2.75, 3.05) is 7.11 Å². The first-order valence-corrected chi connectivity index (χ1v) is 11.9. The topological polar surface area (TPSA) is 103 Å². The van der Waals surface area contributed by atoms with Crippen LogP contribution < -0.4 is 19.6 Å². The van der Waals surface area contributed by atoms with Crippen LogP contribution in [0.4, 0.5) is 0 Å². The van der Waals surface area contributed by atoms with Crippen LogP contribution in [0.3, 0.4) is 0 Å². The van der Waals surface area contributed by atoms with E-state index in [2.05, 4.69) is 10.5 Å². The normalized spacial score (nSPS) is 10.8. The summed E-state index contributed by atoms with van der Waals surface area (Å²) in [6.45, 7) is 0. The van der Waals surface area contributed by atoms with Gasteiger partial charge < -0.3 is 14.2 Å². The fourth-order valence-corrected chi connectivity index (χ4v) is 3.39. The molecule has 0 heterocycles. The Labute approximate surface area is 225 Å². The molecule has 0 fully saturated rings. The van der Waals surface area contributed by atoms with Crippen LogP contribution >= 0.6 is 0 Å². The van der Waals surface area contributed by atoms with Gasteiger partial charge in [-0.25, -0.2) is 15.0 Å². The van der Waals surface area contributed by atoms with Crippen molar-refractivity contribution in [1.29, 1.82) is 0 Å². The molecule has 0 atom stereocenters. The van der Waals surface area contributed by atoms with E-state index in [-0.39, 0.29) is 17.4 Å². The number of nitrogens with zero attached hydrogens (tertiary/aromatic N) is 1. The molecule has 0 aliphatic heterocycles. The number of rotatable bonds is 9. The van der Waals surface area contributed by atoms with Crippen LogP contribution in [0.15, 0.2) is 114 Å². The second kappa shape index (κ2) is 13.2. The molecule has 0 saturated carbocycles. The number of hydrogen-bond acceptors (Lipinski definition) is 7. The zero-order chi connectivity index (χ0) is 27.5. The van der Waals surface area contributed by atoms with Gasteiger partial charge in [-0.1, -0.05) is 48.5 Å². The molecule has 4 aromatic rings. The van der Waals surface area contributed by atoms with Gasteiger partial charge in [0, 0.05) is 22.8 Å². The van der Waals surface area contributed by atoms with E-state index >= 15 is 0 Å². The quantitative estimate of drug-likeness (QED) is 0.106. The summed E-state index contributed by atoms with van der Waals surface area (Å²) in [6.07, 6.45) is 4.11. The molecule has 0 aromatic heterocycles. The molecule has 0 bridgehead atoms. The third-order valence-electron chi connectivity index (χ3n) is 5.38. The van der Waals surface area contributed by atoms with Gasteiger partial charge in [0.15, 0.2) is 0 Å². The Morgan fingerprint density at radius 2 is 1.31 bits per heavy atom. The molecule has 0 unspecified atom stereocenters. The van der Waals surface area contributed by atoms with Crippen LogP contribution in [0.25, 0.3) is 6.08 Å². The van der Waals surface area contributed by atoms with Crippen LogP contribution in [0.1, 0.15) is 31.8 Å². The van der Waals surface area contributed by atoms with Gasteiger partial charge in [0.1, 0.15) is 17.2 Å². The fraction of sp³-hybridized carbons (Fsp3) is 0.0323. The zero-order valence-electron chi connectivity index (χ0n) is 20.9. The average molecular weight is 521 g/mol. The lowest BCUT2D eigenvalue weighted by molar-refractivity contribution is -0.128. The van der Waals surface area contributed by atoms with E-state index < -0.39 is 11.9 Å². The number of hydrazone groups is 1. The van der Waals surface area contributed by atoms with Crippen molar-refractivity contribution in [3.63, 3.8) is 0 Å². The zero-order valence-corrected chi connectivity index (χ0v) is 20.9. The molecule has 0 radical (unpaired) electrons. The highest BCUT2D eigenvalue weighted by Gasteiger charge is 2.12. The van der Waals surface area contributed by atoms with Crippen molar-refractivity contribution in [1.82, 2.24) is 5.43 Å². The summed E-state index contributed by atoms with van der Waals surface area (Å²) in [4.78, 5) is 37.3. The largest absolute Gasteiger partial charge is 0.497 e. The third-order valence-corrected chi connectivity index (χ3v) is 5.38. The summed E-state index contributed by atoms with van der Waals surface area (Å²) < 4.78 is 16.1. The van der Waals surface area contributed by atoms with E-state index in [4.69, 9.17) is 14.2 Å². The van der Waals surface area contributed by atoms with Crippen LogP contribution in [-0.2, 0) is 4.79 Å². The van der Waals surface area contributed by atoms with Crippen molar-refractivity contribution < 1.29 is 28.6 Å². The van der Waals surface area contributed by atoms with Crippen LogP contribution in [0.2, 0.25) is 0 Å². The fourth-order valence-electron chi connectivity index (χ4n) is 3.39. The van der Waals surface area contributed by atoms with Gasteiger partial charge in [0.25, 0.3) is 5.91 Å². The molecule has 8 heteroatoms. The number of carbonyl (C=O) groups is 3. The van der Waals surface area contributed by atoms with E-state index in [1.54, 1.807) is 104 Å². The highest BCUT2D eigenvalue weighted by atomic mass is 16.5. The number of carbonyl (C=O) groups excluding carboxylic acids is 3. The van der Waals surface area contributed by atoms with Crippen molar-refractivity contribution >= 4 is 30.1 Å². The van der Waals surface area contributed by atoms with Crippen molar-refractivity contribution in [2.45, 2.75) is 0 Å². The van der Waals surface area contributed by atoms with Crippen LogP contribution in [0, 0.1) is 0 Å². The molecule has 1 amide bonds. The Morgan fingerprint density at radius 3 is 2.00 bits per heavy atom. The Morgan fingerprint density at radius 1 is 0.692 bits per heavy atom. The van der Waals surface area contributed by atoms with Gasteiger partial charge in [0.05, 0.1) is 18.9 Å². The Kier molecular flexibility index (Phi) is 8.96.